The van der Waals surface area contributed by atoms with Crippen molar-refractivity contribution in [2.24, 2.45) is 0 Å². The van der Waals surface area contributed by atoms with E-state index in [1.54, 1.807) is 0 Å². The third kappa shape index (κ3) is 4.58. The highest BCUT2D eigenvalue weighted by Crippen LogP contribution is 2.36. The summed E-state index contributed by atoms with van der Waals surface area (Å²) in [6.45, 7) is 2.41. The third-order valence-electron chi connectivity index (χ3n) is 2.95. The predicted molar refractivity (Wildman–Crippen MR) is 84.4 cm³/mol. The number of amides is 1. The Morgan fingerprint density at radius 1 is 1.29 bits per heavy atom. The summed E-state index contributed by atoms with van der Waals surface area (Å²) < 4.78 is 38.6. The maximum atomic E-state index is 12.9. The molecule has 24 heavy (non-hydrogen) atoms. The molecule has 2 rings (SSSR count). The Labute approximate surface area is 141 Å². The Hall–Kier alpha value is -2.35. The van der Waals surface area contributed by atoms with Gasteiger partial charge in [-0.25, -0.2) is 9.97 Å². The minimum absolute atomic E-state index is 0.00888. The molecule has 0 saturated carbocycles. The van der Waals surface area contributed by atoms with Gasteiger partial charge < -0.3 is 10.6 Å². The lowest BCUT2D eigenvalue weighted by Gasteiger charge is -2.12. The summed E-state index contributed by atoms with van der Waals surface area (Å²) in [5.74, 6) is -0.371. The quantitative estimate of drug-likeness (QED) is 0.846. The van der Waals surface area contributed by atoms with Gasteiger partial charge in [0.25, 0.3) is 5.91 Å². The molecule has 1 aromatic carbocycles. The van der Waals surface area contributed by atoms with Gasteiger partial charge in [-0.15, -0.1) is 0 Å². The van der Waals surface area contributed by atoms with Gasteiger partial charge in [-0.05, 0) is 30.7 Å². The SMILES string of the molecule is CCCNC(=O)c1ccnc(Nc2ccc(Cl)c(C(F)(F)F)c2)n1. The second-order valence-corrected chi connectivity index (χ2v) is 5.25. The fraction of sp³-hybridized carbons (Fsp3) is 0.267. The van der Waals surface area contributed by atoms with Crippen LogP contribution in [0.25, 0.3) is 0 Å². The molecule has 2 aromatic rings. The number of nitrogens with zero attached hydrogens (tertiary/aromatic N) is 2. The van der Waals surface area contributed by atoms with Crippen molar-refractivity contribution in [3.63, 3.8) is 0 Å². The van der Waals surface area contributed by atoms with E-state index in [0.717, 1.165) is 18.6 Å². The van der Waals surface area contributed by atoms with Crippen LogP contribution in [-0.4, -0.2) is 22.4 Å². The number of benzene rings is 1. The molecule has 0 saturated heterocycles. The lowest BCUT2D eigenvalue weighted by atomic mass is 10.2. The molecule has 2 N–H and O–H groups in total. The number of carbonyl (C=O) groups excluding carboxylic acids is 1. The molecule has 0 spiro atoms. The van der Waals surface area contributed by atoms with Crippen molar-refractivity contribution in [2.75, 3.05) is 11.9 Å². The lowest BCUT2D eigenvalue weighted by molar-refractivity contribution is -0.137. The van der Waals surface area contributed by atoms with Crippen molar-refractivity contribution in [3.05, 3.63) is 46.7 Å². The van der Waals surface area contributed by atoms with E-state index in [1.807, 2.05) is 6.92 Å². The number of aromatic nitrogens is 2. The van der Waals surface area contributed by atoms with Crippen LogP contribution in [0, 0.1) is 0 Å². The first-order chi connectivity index (χ1) is 11.3. The lowest BCUT2D eigenvalue weighted by Crippen LogP contribution is -2.25. The number of carbonyl (C=O) groups is 1. The first-order valence-corrected chi connectivity index (χ1v) is 7.44. The Bertz CT molecular complexity index is 737. The van der Waals surface area contributed by atoms with Crippen LogP contribution >= 0.6 is 11.6 Å². The normalized spacial score (nSPS) is 11.2. The zero-order valence-corrected chi connectivity index (χ0v) is 13.4. The summed E-state index contributed by atoms with van der Waals surface area (Å²) in [7, 11) is 0. The Kier molecular flexibility index (Phi) is 5.61. The van der Waals surface area contributed by atoms with Gasteiger partial charge in [-0.3, -0.25) is 4.79 Å². The van der Waals surface area contributed by atoms with Crippen LogP contribution in [0.5, 0.6) is 0 Å². The van der Waals surface area contributed by atoms with Crippen LogP contribution in [0.3, 0.4) is 0 Å². The van der Waals surface area contributed by atoms with E-state index in [1.165, 1.54) is 18.3 Å². The topological polar surface area (TPSA) is 66.9 Å². The van der Waals surface area contributed by atoms with Crippen LogP contribution in [0.4, 0.5) is 24.8 Å². The zero-order valence-electron chi connectivity index (χ0n) is 12.6. The van der Waals surface area contributed by atoms with Crippen molar-refractivity contribution in [1.82, 2.24) is 15.3 Å². The van der Waals surface area contributed by atoms with Crippen molar-refractivity contribution >= 4 is 29.1 Å². The summed E-state index contributed by atoms with van der Waals surface area (Å²) in [6, 6.07) is 4.77. The monoisotopic (exact) mass is 358 g/mol. The molecule has 5 nitrogen and oxygen atoms in total. The molecule has 0 aliphatic carbocycles. The van der Waals surface area contributed by atoms with Crippen molar-refractivity contribution in [3.8, 4) is 0 Å². The fourth-order valence-corrected chi connectivity index (χ4v) is 2.05. The largest absolute Gasteiger partial charge is 0.417 e. The van der Waals surface area contributed by atoms with Gasteiger partial charge in [0, 0.05) is 18.4 Å². The van der Waals surface area contributed by atoms with E-state index >= 15 is 0 Å². The van der Waals surface area contributed by atoms with Crippen molar-refractivity contribution < 1.29 is 18.0 Å². The Morgan fingerprint density at radius 3 is 2.71 bits per heavy atom. The van der Waals surface area contributed by atoms with Gasteiger partial charge in [0.15, 0.2) is 0 Å². The van der Waals surface area contributed by atoms with Crippen LogP contribution in [0.1, 0.15) is 29.4 Å². The highest BCUT2D eigenvalue weighted by atomic mass is 35.5. The average molecular weight is 359 g/mol. The average Bonchev–Trinajstić information content (AvgIpc) is 2.53. The molecule has 9 heteroatoms. The molecule has 0 fully saturated rings. The molecular formula is C15H14ClF3N4O. The number of halogens is 4. The molecule has 1 aromatic heterocycles. The van der Waals surface area contributed by atoms with E-state index in [4.69, 9.17) is 11.6 Å². The minimum atomic E-state index is -4.57. The number of rotatable bonds is 5. The molecule has 1 amide bonds. The third-order valence-corrected chi connectivity index (χ3v) is 3.28. The van der Waals surface area contributed by atoms with Crippen LogP contribution in [-0.2, 0) is 6.18 Å². The summed E-state index contributed by atoms with van der Waals surface area (Å²) in [5.41, 5.74) is -0.741. The van der Waals surface area contributed by atoms with E-state index in [2.05, 4.69) is 20.6 Å². The number of hydrogen-bond acceptors (Lipinski definition) is 4. The smallest absolute Gasteiger partial charge is 0.351 e. The van der Waals surface area contributed by atoms with E-state index in [9.17, 15) is 18.0 Å². The van der Waals surface area contributed by atoms with E-state index < -0.39 is 16.8 Å². The maximum Gasteiger partial charge on any atom is 0.417 e. The molecule has 0 unspecified atom stereocenters. The van der Waals surface area contributed by atoms with Crippen LogP contribution < -0.4 is 10.6 Å². The van der Waals surface area contributed by atoms with Crippen molar-refractivity contribution in [2.45, 2.75) is 19.5 Å². The number of anilines is 2. The summed E-state index contributed by atoms with van der Waals surface area (Å²) >= 11 is 5.57. The molecule has 0 radical (unpaired) electrons. The first-order valence-electron chi connectivity index (χ1n) is 7.06. The maximum absolute atomic E-state index is 12.9. The number of nitrogens with one attached hydrogen (secondary N) is 2. The van der Waals surface area contributed by atoms with Crippen LogP contribution in [0.2, 0.25) is 5.02 Å². The summed E-state index contributed by atoms with van der Waals surface area (Å²) in [4.78, 5) is 19.7. The molecule has 1 heterocycles. The summed E-state index contributed by atoms with van der Waals surface area (Å²) in [6.07, 6.45) is -2.46. The van der Waals surface area contributed by atoms with E-state index in [-0.39, 0.29) is 23.2 Å². The summed E-state index contributed by atoms with van der Waals surface area (Å²) in [5, 5.41) is 4.89. The van der Waals surface area contributed by atoms with E-state index in [0.29, 0.717) is 6.54 Å². The fourth-order valence-electron chi connectivity index (χ4n) is 1.82. The molecule has 0 atom stereocenters. The number of alkyl halides is 3. The van der Waals surface area contributed by atoms with Gasteiger partial charge in [0.1, 0.15) is 5.69 Å². The molecule has 0 aliphatic heterocycles. The Morgan fingerprint density at radius 2 is 2.04 bits per heavy atom. The highest BCUT2D eigenvalue weighted by molar-refractivity contribution is 6.31. The molecule has 0 aliphatic rings. The minimum Gasteiger partial charge on any atom is -0.351 e. The highest BCUT2D eigenvalue weighted by Gasteiger charge is 2.33. The Balaban J connectivity index is 2.21. The number of hydrogen-bond donors (Lipinski definition) is 2. The molecular weight excluding hydrogens is 345 g/mol. The zero-order chi connectivity index (χ0) is 17.7. The van der Waals surface area contributed by atoms with Crippen LogP contribution in [0.15, 0.2) is 30.5 Å². The van der Waals surface area contributed by atoms with Crippen molar-refractivity contribution in [1.29, 1.82) is 0 Å². The van der Waals surface area contributed by atoms with Gasteiger partial charge in [-0.2, -0.15) is 13.2 Å². The van der Waals surface area contributed by atoms with Gasteiger partial charge in [-0.1, -0.05) is 18.5 Å². The second kappa shape index (κ2) is 7.48. The molecule has 128 valence electrons. The first kappa shape index (κ1) is 18.0. The molecule has 0 bridgehead atoms. The van der Waals surface area contributed by atoms with Gasteiger partial charge in [0.2, 0.25) is 5.95 Å². The van der Waals surface area contributed by atoms with Gasteiger partial charge in [0.05, 0.1) is 10.6 Å². The predicted octanol–water partition coefficient (Wildman–Crippen LogP) is 4.03. The standard InChI is InChI=1S/C15H14ClF3N4O/c1-2-6-20-13(24)12-5-7-21-14(23-12)22-9-3-4-11(16)10(8-9)15(17,18)19/h3-5,7-8H,2,6H2,1H3,(H,20,24)(H,21,22,23). The second-order valence-electron chi connectivity index (χ2n) is 4.84. The van der Waals surface area contributed by atoms with Gasteiger partial charge >= 0.3 is 6.18 Å².